The molecule has 0 amide bonds. The van der Waals surface area contributed by atoms with Crippen LogP contribution in [0.2, 0.25) is 0 Å². The van der Waals surface area contributed by atoms with Gasteiger partial charge in [0, 0.05) is 12.3 Å². The van der Waals surface area contributed by atoms with Crippen LogP contribution in [0.1, 0.15) is 11.5 Å². The van der Waals surface area contributed by atoms with E-state index in [1.54, 1.807) is 36.2 Å². The quantitative estimate of drug-likeness (QED) is 0.432. The highest BCUT2D eigenvalue weighted by Gasteiger charge is 2.11. The highest BCUT2D eigenvalue weighted by molar-refractivity contribution is 5.87. The fourth-order valence-corrected chi connectivity index (χ4v) is 2.67. The van der Waals surface area contributed by atoms with Gasteiger partial charge in [0.15, 0.2) is 11.5 Å². The van der Waals surface area contributed by atoms with Crippen molar-refractivity contribution in [1.29, 1.82) is 5.53 Å². The van der Waals surface area contributed by atoms with E-state index in [0.717, 1.165) is 11.2 Å². The van der Waals surface area contributed by atoms with Crippen molar-refractivity contribution in [2.45, 2.75) is 6.54 Å². The zero-order valence-electron chi connectivity index (χ0n) is 14.9. The Labute approximate surface area is 158 Å². The first-order valence-corrected chi connectivity index (χ1v) is 8.26. The zero-order valence-corrected chi connectivity index (χ0v) is 14.9. The van der Waals surface area contributed by atoms with Gasteiger partial charge < -0.3 is 15.8 Å². The fraction of sp³-hybridized carbons (Fsp3) is 0.118. The maximum atomic E-state index is 6.89. The van der Waals surface area contributed by atoms with Gasteiger partial charge in [0.25, 0.3) is 0 Å². The molecule has 28 heavy (non-hydrogen) atoms. The summed E-state index contributed by atoms with van der Waals surface area (Å²) in [5.74, 6) is 1.23. The molecule has 0 atom stereocenters. The van der Waals surface area contributed by atoms with Crippen LogP contribution in [0.5, 0.6) is 5.75 Å². The molecule has 0 aromatic carbocycles. The minimum Gasteiger partial charge on any atom is -0.495 e. The van der Waals surface area contributed by atoms with E-state index >= 15 is 0 Å². The summed E-state index contributed by atoms with van der Waals surface area (Å²) in [4.78, 5) is 8.73. The lowest BCUT2D eigenvalue weighted by molar-refractivity contribution is 0.413. The number of ether oxygens (including phenoxy) is 1. The third kappa shape index (κ3) is 3.16. The summed E-state index contributed by atoms with van der Waals surface area (Å²) in [6.45, 7) is 0.358. The van der Waals surface area contributed by atoms with Crippen LogP contribution >= 0.6 is 0 Å². The van der Waals surface area contributed by atoms with Gasteiger partial charge in [-0.15, -0.1) is 10.2 Å². The number of hydrogen-bond donors (Lipinski definition) is 3. The van der Waals surface area contributed by atoms with Crippen molar-refractivity contribution in [3.05, 3.63) is 54.4 Å². The van der Waals surface area contributed by atoms with E-state index in [9.17, 15) is 0 Å². The number of fused-ring (bicyclic) bond motifs is 2. The highest BCUT2D eigenvalue weighted by atomic mass is 16.5. The second-order valence-corrected chi connectivity index (χ2v) is 5.77. The summed E-state index contributed by atoms with van der Waals surface area (Å²) in [6.07, 6.45) is 4.56. The van der Waals surface area contributed by atoms with Crippen LogP contribution in [0, 0.1) is 5.53 Å². The van der Waals surface area contributed by atoms with Crippen molar-refractivity contribution >= 4 is 28.1 Å². The number of hydrogen-bond acceptors (Lipinski definition) is 10. The summed E-state index contributed by atoms with van der Waals surface area (Å²) in [5, 5.41) is 19.2. The molecule has 0 bridgehead atoms. The Balaban J connectivity index is 1.64. The summed E-state index contributed by atoms with van der Waals surface area (Å²) < 4.78 is 6.78. The number of methoxy groups -OCH3 is 1. The number of aromatic nitrogens is 6. The molecule has 0 fully saturated rings. The van der Waals surface area contributed by atoms with Crippen molar-refractivity contribution < 1.29 is 4.74 Å². The SMILES string of the molecule is COc1cnc2c(NCc3nnc4ccc(/C(N)=C/N=N)nn34)ccnc2c1. The Morgan fingerprint density at radius 2 is 2.21 bits per heavy atom. The Morgan fingerprint density at radius 1 is 1.32 bits per heavy atom. The molecule has 0 spiro atoms. The minimum absolute atomic E-state index is 0.280. The van der Waals surface area contributed by atoms with Gasteiger partial charge in [-0.3, -0.25) is 4.98 Å². The van der Waals surface area contributed by atoms with E-state index in [1.165, 1.54) is 6.20 Å². The van der Waals surface area contributed by atoms with E-state index < -0.39 is 0 Å². The monoisotopic (exact) mass is 376 g/mol. The fourth-order valence-electron chi connectivity index (χ4n) is 2.67. The lowest BCUT2D eigenvalue weighted by Gasteiger charge is -2.09. The van der Waals surface area contributed by atoms with Crippen LogP contribution in [0.15, 0.2) is 48.0 Å². The summed E-state index contributed by atoms with van der Waals surface area (Å²) >= 11 is 0. The third-order valence-electron chi connectivity index (χ3n) is 4.05. The molecule has 0 unspecified atom stereocenters. The summed E-state index contributed by atoms with van der Waals surface area (Å²) in [6, 6.07) is 7.10. The van der Waals surface area contributed by atoms with Gasteiger partial charge in [0.1, 0.15) is 17.0 Å². The van der Waals surface area contributed by atoms with E-state index in [1.807, 2.05) is 12.1 Å². The molecule has 4 aromatic heterocycles. The van der Waals surface area contributed by atoms with E-state index in [-0.39, 0.29) is 5.70 Å². The first kappa shape index (κ1) is 17.3. The van der Waals surface area contributed by atoms with Crippen molar-refractivity contribution in [3.8, 4) is 5.75 Å². The maximum absolute atomic E-state index is 6.89. The molecule has 0 radical (unpaired) electrons. The Morgan fingerprint density at radius 3 is 3.04 bits per heavy atom. The molecule has 0 saturated carbocycles. The zero-order chi connectivity index (χ0) is 19.5. The smallest absolute Gasteiger partial charge is 0.178 e. The van der Waals surface area contributed by atoms with Gasteiger partial charge in [0.2, 0.25) is 0 Å². The Bertz CT molecular complexity index is 1200. The van der Waals surface area contributed by atoms with E-state index in [2.05, 4.69) is 35.7 Å². The first-order chi connectivity index (χ1) is 13.7. The van der Waals surface area contributed by atoms with Crippen LogP contribution in [0.4, 0.5) is 5.69 Å². The van der Waals surface area contributed by atoms with Crippen molar-refractivity contribution in [3.63, 3.8) is 0 Å². The molecule has 0 saturated heterocycles. The normalized spacial score (nSPS) is 11.7. The minimum atomic E-state index is 0.280. The topological polar surface area (TPSA) is 152 Å². The maximum Gasteiger partial charge on any atom is 0.178 e. The molecule has 4 aromatic rings. The van der Waals surface area contributed by atoms with Gasteiger partial charge in [-0.05, 0) is 18.2 Å². The Hall–Kier alpha value is -4.15. The van der Waals surface area contributed by atoms with Gasteiger partial charge in [-0.2, -0.15) is 14.7 Å². The molecule has 0 aliphatic heterocycles. The standard InChI is InChI=1S/C17H16N10O/c1-28-10-6-14-17(22-7-10)13(4-5-20-14)21-9-16-25-24-15-3-2-12(26-27(15)16)11(18)8-23-19/h2-8,19H,9,18H2,1H3,(H,20,21)/b11-8-,23-19?. The number of nitrogens with one attached hydrogen (secondary N) is 2. The van der Waals surface area contributed by atoms with Crippen LogP contribution in [-0.2, 0) is 6.54 Å². The molecular weight excluding hydrogens is 360 g/mol. The molecule has 4 heterocycles. The van der Waals surface area contributed by atoms with Crippen LogP contribution in [-0.4, -0.2) is 36.9 Å². The molecule has 11 nitrogen and oxygen atoms in total. The lowest BCUT2D eigenvalue weighted by Crippen LogP contribution is -2.09. The first-order valence-electron chi connectivity index (χ1n) is 8.26. The van der Waals surface area contributed by atoms with E-state index in [0.29, 0.717) is 35.0 Å². The van der Waals surface area contributed by atoms with Crippen LogP contribution in [0.25, 0.3) is 22.4 Å². The molecular formula is C17H16N10O. The second kappa shape index (κ2) is 7.23. The summed E-state index contributed by atoms with van der Waals surface area (Å²) in [7, 11) is 1.59. The van der Waals surface area contributed by atoms with Gasteiger partial charge in [0.05, 0.1) is 43.0 Å². The van der Waals surface area contributed by atoms with E-state index in [4.69, 9.17) is 16.0 Å². The third-order valence-corrected chi connectivity index (χ3v) is 4.05. The number of nitrogens with zero attached hydrogens (tertiary/aromatic N) is 7. The highest BCUT2D eigenvalue weighted by Crippen LogP contribution is 2.23. The van der Waals surface area contributed by atoms with Gasteiger partial charge in [-0.1, -0.05) is 0 Å². The molecule has 140 valence electrons. The number of nitrogens with two attached hydrogens (primary N) is 1. The number of pyridine rings is 2. The molecule has 11 heteroatoms. The van der Waals surface area contributed by atoms with Gasteiger partial charge in [-0.25, -0.2) is 10.5 Å². The number of anilines is 1. The van der Waals surface area contributed by atoms with Crippen molar-refractivity contribution in [1.82, 2.24) is 29.8 Å². The predicted molar refractivity (Wildman–Crippen MR) is 102 cm³/mol. The average Bonchev–Trinajstić information content (AvgIpc) is 3.14. The summed E-state index contributed by atoms with van der Waals surface area (Å²) in [5.41, 5.74) is 16.3. The average molecular weight is 376 g/mol. The predicted octanol–water partition coefficient (Wildman–Crippen LogP) is 1.98. The Kier molecular flexibility index (Phi) is 4.46. The molecule has 4 N–H and O–H groups in total. The van der Waals surface area contributed by atoms with Crippen LogP contribution < -0.4 is 15.8 Å². The molecule has 0 aliphatic rings. The van der Waals surface area contributed by atoms with Crippen molar-refractivity contribution in [2.75, 3.05) is 12.4 Å². The molecule has 0 aliphatic carbocycles. The largest absolute Gasteiger partial charge is 0.495 e. The lowest BCUT2D eigenvalue weighted by atomic mass is 10.2. The molecule has 4 rings (SSSR count). The van der Waals surface area contributed by atoms with Crippen molar-refractivity contribution in [2.24, 2.45) is 10.8 Å². The number of rotatable bonds is 6. The van der Waals surface area contributed by atoms with Crippen LogP contribution in [0.3, 0.4) is 0 Å². The second-order valence-electron chi connectivity index (χ2n) is 5.77. The van der Waals surface area contributed by atoms with Gasteiger partial charge >= 0.3 is 0 Å².